The topological polar surface area (TPSA) is 55.2 Å². The number of fused-ring (bicyclic) bond motifs is 1. The first-order valence-electron chi connectivity index (χ1n) is 12.0. The second-order valence-corrected chi connectivity index (χ2v) is 9.59. The minimum atomic E-state index is -0.0331. The van der Waals surface area contributed by atoms with Crippen molar-refractivity contribution in [3.05, 3.63) is 70.4 Å². The third-order valence-corrected chi connectivity index (χ3v) is 7.19. The molecule has 2 saturated heterocycles. The van der Waals surface area contributed by atoms with Crippen LogP contribution in [0.2, 0.25) is 5.02 Å². The van der Waals surface area contributed by atoms with Crippen LogP contribution in [0, 0.1) is 6.92 Å². The Bertz CT molecular complexity index is 1120. The zero-order valence-electron chi connectivity index (χ0n) is 19.5. The van der Waals surface area contributed by atoms with Crippen molar-refractivity contribution in [2.24, 2.45) is 0 Å². The molecule has 0 saturated carbocycles. The summed E-state index contributed by atoms with van der Waals surface area (Å²) in [7, 11) is 0. The van der Waals surface area contributed by atoms with Crippen LogP contribution >= 0.6 is 11.6 Å². The van der Waals surface area contributed by atoms with E-state index in [0.717, 1.165) is 36.0 Å². The van der Waals surface area contributed by atoms with Gasteiger partial charge in [-0.1, -0.05) is 48.0 Å². The Kier molecular flexibility index (Phi) is 7.21. The van der Waals surface area contributed by atoms with Crippen molar-refractivity contribution >= 4 is 28.5 Å². The third-order valence-electron chi connectivity index (χ3n) is 6.90. The molecule has 2 fully saturated rings. The van der Waals surface area contributed by atoms with Crippen LogP contribution in [0.5, 0.6) is 0 Å². The standard InChI is InChI=1S/C27H31ClN2O4/c1-19-7-9-23(28)27-26(19)21(16-34-27)8-10-24(31)29-11-13-30(14-12-29)25-18-32-22(17-33-25)15-20-5-3-2-4-6-20/h2-7,9,16,22,25H,8,10-15,17-18H2,1H3. The molecule has 3 aromatic rings. The summed E-state index contributed by atoms with van der Waals surface area (Å²) in [5.74, 6) is 0.178. The van der Waals surface area contributed by atoms with Crippen LogP contribution in [0.1, 0.15) is 23.1 Å². The van der Waals surface area contributed by atoms with E-state index in [4.69, 9.17) is 25.5 Å². The maximum Gasteiger partial charge on any atom is 0.222 e. The van der Waals surface area contributed by atoms with E-state index in [-0.39, 0.29) is 18.2 Å². The van der Waals surface area contributed by atoms with Gasteiger partial charge in [0.1, 0.15) is 6.23 Å². The highest BCUT2D eigenvalue weighted by Gasteiger charge is 2.30. The number of hydrogen-bond donors (Lipinski definition) is 0. The van der Waals surface area contributed by atoms with Gasteiger partial charge in [-0.15, -0.1) is 0 Å². The molecule has 3 heterocycles. The Balaban J connectivity index is 1.07. The van der Waals surface area contributed by atoms with Crippen molar-refractivity contribution in [2.75, 3.05) is 39.4 Å². The van der Waals surface area contributed by atoms with Gasteiger partial charge in [-0.25, -0.2) is 0 Å². The number of benzene rings is 2. The maximum atomic E-state index is 12.9. The predicted molar refractivity (Wildman–Crippen MR) is 132 cm³/mol. The SMILES string of the molecule is Cc1ccc(Cl)c2occ(CCC(=O)N3CCN(C4COC(Cc5ccccc5)CO4)CC3)c12. The maximum absolute atomic E-state index is 12.9. The van der Waals surface area contributed by atoms with E-state index in [1.54, 1.807) is 6.26 Å². The fourth-order valence-corrected chi connectivity index (χ4v) is 5.14. The quantitative estimate of drug-likeness (QED) is 0.519. The molecule has 2 aliphatic rings. The molecule has 6 nitrogen and oxygen atoms in total. The van der Waals surface area contributed by atoms with E-state index < -0.39 is 0 Å². The van der Waals surface area contributed by atoms with E-state index in [1.165, 1.54) is 5.56 Å². The monoisotopic (exact) mass is 482 g/mol. The first kappa shape index (κ1) is 23.4. The number of rotatable bonds is 6. The molecule has 0 aliphatic carbocycles. The van der Waals surface area contributed by atoms with Crippen molar-refractivity contribution in [3.63, 3.8) is 0 Å². The molecule has 0 bridgehead atoms. The average molecular weight is 483 g/mol. The summed E-state index contributed by atoms with van der Waals surface area (Å²) in [5.41, 5.74) is 4.13. The first-order valence-corrected chi connectivity index (χ1v) is 12.4. The molecular formula is C27H31ClN2O4. The van der Waals surface area contributed by atoms with E-state index in [1.807, 2.05) is 30.0 Å². The molecule has 2 unspecified atom stereocenters. The normalized spacial score (nSPS) is 21.8. The highest BCUT2D eigenvalue weighted by atomic mass is 35.5. The Morgan fingerprint density at radius 2 is 1.82 bits per heavy atom. The van der Waals surface area contributed by atoms with Gasteiger partial charge in [-0.2, -0.15) is 0 Å². The summed E-state index contributed by atoms with van der Waals surface area (Å²) in [6.45, 7) is 6.23. The summed E-state index contributed by atoms with van der Waals surface area (Å²) in [4.78, 5) is 17.1. The van der Waals surface area contributed by atoms with Gasteiger partial charge in [-0.05, 0) is 36.1 Å². The van der Waals surface area contributed by atoms with Gasteiger partial charge in [0, 0.05) is 44.4 Å². The van der Waals surface area contributed by atoms with Gasteiger partial charge >= 0.3 is 0 Å². The van der Waals surface area contributed by atoms with Crippen LogP contribution in [-0.2, 0) is 27.1 Å². The highest BCUT2D eigenvalue weighted by Crippen LogP contribution is 2.31. The second-order valence-electron chi connectivity index (χ2n) is 9.18. The zero-order chi connectivity index (χ0) is 23.5. The lowest BCUT2D eigenvalue weighted by atomic mass is 10.0. The van der Waals surface area contributed by atoms with Crippen LogP contribution in [-0.4, -0.2) is 67.4 Å². The van der Waals surface area contributed by atoms with Crippen molar-refractivity contribution in [2.45, 2.75) is 38.5 Å². The van der Waals surface area contributed by atoms with Crippen molar-refractivity contribution < 1.29 is 18.7 Å². The van der Waals surface area contributed by atoms with Gasteiger partial charge in [-0.3, -0.25) is 9.69 Å². The Morgan fingerprint density at radius 3 is 2.56 bits per heavy atom. The Labute approximate surface area is 205 Å². The Hall–Kier alpha value is -2.38. The number of amides is 1. The lowest BCUT2D eigenvalue weighted by Crippen LogP contribution is -2.55. The first-order chi connectivity index (χ1) is 16.6. The molecule has 1 aromatic heterocycles. The molecule has 1 amide bonds. The van der Waals surface area contributed by atoms with Gasteiger partial charge in [0.05, 0.1) is 30.6 Å². The number of carbonyl (C=O) groups is 1. The summed E-state index contributed by atoms with van der Waals surface area (Å²) < 4.78 is 17.9. The number of piperazine rings is 1. The van der Waals surface area contributed by atoms with Crippen LogP contribution < -0.4 is 0 Å². The summed E-state index contributed by atoms with van der Waals surface area (Å²) in [6, 6.07) is 14.2. The van der Waals surface area contributed by atoms with Crippen LogP contribution in [0.3, 0.4) is 0 Å². The molecule has 2 aromatic carbocycles. The molecule has 0 radical (unpaired) electrons. The molecule has 0 spiro atoms. The lowest BCUT2D eigenvalue weighted by Gasteiger charge is -2.41. The summed E-state index contributed by atoms with van der Waals surface area (Å²) >= 11 is 6.26. The lowest BCUT2D eigenvalue weighted by molar-refractivity contribution is -0.190. The number of nitrogens with zero attached hydrogens (tertiary/aromatic N) is 2. The van der Waals surface area contributed by atoms with Gasteiger partial charge < -0.3 is 18.8 Å². The number of hydrogen-bond acceptors (Lipinski definition) is 5. The second kappa shape index (κ2) is 10.5. The average Bonchev–Trinajstić information content (AvgIpc) is 3.32. The van der Waals surface area contributed by atoms with Crippen LogP contribution in [0.25, 0.3) is 11.0 Å². The molecule has 34 heavy (non-hydrogen) atoms. The van der Waals surface area contributed by atoms with Gasteiger partial charge in [0.2, 0.25) is 5.91 Å². The summed E-state index contributed by atoms with van der Waals surface area (Å²) in [6.07, 6.45) is 3.78. The molecule has 7 heteroatoms. The van der Waals surface area contributed by atoms with E-state index >= 15 is 0 Å². The predicted octanol–water partition coefficient (Wildman–Crippen LogP) is 4.46. The third kappa shape index (κ3) is 5.15. The van der Waals surface area contributed by atoms with E-state index in [2.05, 4.69) is 29.2 Å². The smallest absolute Gasteiger partial charge is 0.222 e. The van der Waals surface area contributed by atoms with E-state index in [0.29, 0.717) is 49.8 Å². The van der Waals surface area contributed by atoms with Crippen LogP contribution in [0.4, 0.5) is 0 Å². The number of ether oxygens (including phenoxy) is 2. The van der Waals surface area contributed by atoms with Crippen molar-refractivity contribution in [1.82, 2.24) is 9.80 Å². The fourth-order valence-electron chi connectivity index (χ4n) is 4.94. The summed E-state index contributed by atoms with van der Waals surface area (Å²) in [5, 5.41) is 1.64. The number of halogens is 1. The molecular weight excluding hydrogens is 452 g/mol. The molecule has 0 N–H and O–H groups in total. The molecule has 180 valence electrons. The van der Waals surface area contributed by atoms with E-state index in [9.17, 15) is 4.79 Å². The minimum absolute atomic E-state index is 0.0331. The Morgan fingerprint density at radius 1 is 1.03 bits per heavy atom. The molecule has 2 aliphatic heterocycles. The highest BCUT2D eigenvalue weighted by molar-refractivity contribution is 6.35. The van der Waals surface area contributed by atoms with Crippen molar-refractivity contribution in [1.29, 1.82) is 0 Å². The zero-order valence-corrected chi connectivity index (χ0v) is 20.3. The number of furan rings is 1. The largest absolute Gasteiger partial charge is 0.462 e. The fraction of sp³-hybridized carbons (Fsp3) is 0.444. The molecule has 5 rings (SSSR count). The van der Waals surface area contributed by atoms with Crippen molar-refractivity contribution in [3.8, 4) is 0 Å². The van der Waals surface area contributed by atoms with Gasteiger partial charge in [0.15, 0.2) is 5.58 Å². The molecule has 2 atom stereocenters. The number of aryl methyl sites for hydroxylation is 2. The minimum Gasteiger partial charge on any atom is -0.462 e. The van der Waals surface area contributed by atoms with Gasteiger partial charge in [0.25, 0.3) is 0 Å². The number of carbonyl (C=O) groups excluding carboxylic acids is 1. The van der Waals surface area contributed by atoms with Crippen LogP contribution in [0.15, 0.2) is 53.1 Å².